The van der Waals surface area contributed by atoms with Crippen LogP contribution in [0, 0.1) is 0 Å². The highest BCUT2D eigenvalue weighted by molar-refractivity contribution is 7.15. The summed E-state index contributed by atoms with van der Waals surface area (Å²) in [6, 6.07) is 0. The van der Waals surface area contributed by atoms with Crippen LogP contribution in [0.2, 0.25) is 0 Å². The van der Waals surface area contributed by atoms with E-state index in [1.807, 2.05) is 4.57 Å². The van der Waals surface area contributed by atoms with Crippen molar-refractivity contribution >= 4 is 40.3 Å². The lowest BCUT2D eigenvalue weighted by Gasteiger charge is -2.02. The predicted molar refractivity (Wildman–Crippen MR) is 93.3 cm³/mol. The van der Waals surface area contributed by atoms with Crippen LogP contribution in [0.1, 0.15) is 16.3 Å². The average molecular weight is 367 g/mol. The number of thiazole rings is 1. The van der Waals surface area contributed by atoms with Crippen LogP contribution in [-0.4, -0.2) is 37.9 Å². The number of imidazole rings is 1. The van der Waals surface area contributed by atoms with Crippen LogP contribution in [0.4, 0.5) is 5.69 Å². The van der Waals surface area contributed by atoms with Crippen LogP contribution in [-0.2, 0) is 13.0 Å². The molecule has 4 heterocycles. The second-order valence-corrected chi connectivity index (χ2v) is 6.10. The molecular weight excluding hydrogens is 352 g/mol. The van der Waals surface area contributed by atoms with Gasteiger partial charge in [-0.05, 0) is 0 Å². The van der Waals surface area contributed by atoms with E-state index in [1.165, 1.54) is 21.9 Å². The summed E-state index contributed by atoms with van der Waals surface area (Å²) in [5.41, 5.74) is 0.169. The van der Waals surface area contributed by atoms with Crippen LogP contribution < -0.4 is 16.2 Å². The molecule has 8 nitrogen and oxygen atoms in total. The Balaban J connectivity index is 0.00000169. The number of carbonyl (C=O) groups excluding carboxylic acids is 1. The fourth-order valence-corrected chi connectivity index (χ4v) is 3.25. The summed E-state index contributed by atoms with van der Waals surface area (Å²) in [7, 11) is 0. The molecule has 126 valence electrons. The lowest BCUT2D eigenvalue weighted by Crippen LogP contribution is -2.23. The molecule has 0 saturated carbocycles. The van der Waals surface area contributed by atoms with Gasteiger partial charge in [-0.2, -0.15) is 0 Å². The fraction of sp³-hybridized carbons (Fsp3) is 0.286. The first-order valence-electron chi connectivity index (χ1n) is 7.25. The van der Waals surface area contributed by atoms with Gasteiger partial charge in [0.05, 0.1) is 6.20 Å². The molecule has 0 radical (unpaired) electrons. The zero-order valence-corrected chi connectivity index (χ0v) is 14.2. The summed E-state index contributed by atoms with van der Waals surface area (Å²) in [4.78, 5) is 33.8. The number of nitrogens with zero attached hydrogens (tertiary/aromatic N) is 4. The molecule has 3 aromatic heterocycles. The molecule has 0 aliphatic carbocycles. The predicted octanol–water partition coefficient (Wildman–Crippen LogP) is 0.772. The zero-order chi connectivity index (χ0) is 15.8. The summed E-state index contributed by atoms with van der Waals surface area (Å²) in [5.74, 6) is 0.482. The van der Waals surface area contributed by atoms with Gasteiger partial charge < -0.3 is 15.2 Å². The highest BCUT2D eigenvalue weighted by Crippen LogP contribution is 2.10. The van der Waals surface area contributed by atoms with E-state index >= 15 is 0 Å². The Hall–Kier alpha value is -2.23. The summed E-state index contributed by atoms with van der Waals surface area (Å²) < 4.78 is 3.39. The van der Waals surface area contributed by atoms with E-state index in [0.29, 0.717) is 10.7 Å². The van der Waals surface area contributed by atoms with Gasteiger partial charge in [-0.1, -0.05) is 0 Å². The summed E-state index contributed by atoms with van der Waals surface area (Å²) in [5, 5.41) is 7.66. The van der Waals surface area contributed by atoms with Crippen LogP contribution in [0.5, 0.6) is 0 Å². The van der Waals surface area contributed by atoms with E-state index in [2.05, 4.69) is 20.6 Å². The lowest BCUT2D eigenvalue weighted by atomic mass is 10.4. The van der Waals surface area contributed by atoms with E-state index in [1.54, 1.807) is 17.8 Å². The minimum absolute atomic E-state index is 0. The minimum atomic E-state index is -0.396. The Morgan fingerprint density at radius 2 is 2.25 bits per heavy atom. The average Bonchev–Trinajstić information content (AvgIpc) is 3.13. The van der Waals surface area contributed by atoms with Crippen molar-refractivity contribution in [3.63, 3.8) is 0 Å². The molecule has 2 N–H and O–H groups in total. The normalized spacial score (nSPS) is 13.8. The Morgan fingerprint density at radius 1 is 1.38 bits per heavy atom. The number of carbonyl (C=O) groups is 1. The second kappa shape index (κ2) is 6.71. The molecule has 0 atom stereocenters. The molecule has 3 aromatic rings. The number of hydrogen-bond acceptors (Lipinski definition) is 6. The van der Waals surface area contributed by atoms with E-state index in [0.717, 1.165) is 31.9 Å². The zero-order valence-electron chi connectivity index (χ0n) is 12.6. The number of amides is 1. The van der Waals surface area contributed by atoms with Gasteiger partial charge in [-0.15, -0.1) is 23.7 Å². The largest absolute Gasteiger partial charge is 0.333 e. The third-order valence-electron chi connectivity index (χ3n) is 3.74. The number of hydrogen-bond donors (Lipinski definition) is 2. The van der Waals surface area contributed by atoms with Crippen LogP contribution in [0.25, 0.3) is 4.96 Å². The molecule has 0 unspecified atom stereocenters. The molecule has 10 heteroatoms. The Bertz CT molecular complexity index is 923. The summed E-state index contributed by atoms with van der Waals surface area (Å²) in [6.45, 7) is 2.48. The summed E-state index contributed by atoms with van der Waals surface area (Å²) in [6.07, 6.45) is 5.53. The molecule has 0 bridgehead atoms. The van der Waals surface area contributed by atoms with Crippen molar-refractivity contribution in [2.45, 2.75) is 13.0 Å². The standard InChI is InChI=1S/C14H14N6O2S.ClH/c21-12(10-8-19-4-3-15-2-1-11(19)17-10)18-9-7-16-14-20(13(9)22)5-6-23-14;/h5-8,15H,1-4H2,(H,18,21);1H. The topological polar surface area (TPSA) is 93.3 Å². The highest BCUT2D eigenvalue weighted by atomic mass is 35.5. The second-order valence-electron chi connectivity index (χ2n) is 5.22. The van der Waals surface area contributed by atoms with Crippen molar-refractivity contribution in [3.05, 3.63) is 45.8 Å². The van der Waals surface area contributed by atoms with Gasteiger partial charge in [0.25, 0.3) is 11.5 Å². The quantitative estimate of drug-likeness (QED) is 0.699. The number of rotatable bonds is 2. The molecule has 0 saturated heterocycles. The van der Waals surface area contributed by atoms with Gasteiger partial charge in [0.15, 0.2) is 4.96 Å². The van der Waals surface area contributed by atoms with Crippen molar-refractivity contribution in [1.29, 1.82) is 0 Å². The SMILES string of the molecule is Cl.O=C(Nc1cnc2sccn2c1=O)c1cn2c(n1)CCNCC2. The monoisotopic (exact) mass is 366 g/mol. The number of halogens is 1. The number of nitrogens with one attached hydrogen (secondary N) is 2. The lowest BCUT2D eigenvalue weighted by molar-refractivity contribution is 0.102. The van der Waals surface area contributed by atoms with Crippen LogP contribution in [0.15, 0.2) is 28.8 Å². The van der Waals surface area contributed by atoms with E-state index in [4.69, 9.17) is 0 Å². The van der Waals surface area contributed by atoms with Gasteiger partial charge in [0.1, 0.15) is 17.2 Å². The van der Waals surface area contributed by atoms with Crippen LogP contribution in [0.3, 0.4) is 0 Å². The molecular formula is C14H15ClN6O2S. The molecule has 0 aromatic carbocycles. The van der Waals surface area contributed by atoms with Gasteiger partial charge in [0, 0.05) is 43.8 Å². The van der Waals surface area contributed by atoms with Crippen molar-refractivity contribution in [1.82, 2.24) is 24.3 Å². The number of fused-ring (bicyclic) bond motifs is 2. The smallest absolute Gasteiger partial charge is 0.282 e. The molecule has 4 rings (SSSR count). The molecule has 24 heavy (non-hydrogen) atoms. The van der Waals surface area contributed by atoms with E-state index < -0.39 is 5.91 Å². The Labute approximate surface area is 147 Å². The minimum Gasteiger partial charge on any atom is -0.333 e. The first-order chi connectivity index (χ1) is 11.2. The van der Waals surface area contributed by atoms with Gasteiger partial charge >= 0.3 is 0 Å². The maximum absolute atomic E-state index is 12.4. The fourth-order valence-electron chi connectivity index (χ4n) is 2.58. The summed E-state index contributed by atoms with van der Waals surface area (Å²) >= 11 is 1.36. The molecule has 1 aliphatic heterocycles. The maximum atomic E-state index is 12.4. The van der Waals surface area contributed by atoms with Crippen molar-refractivity contribution < 1.29 is 4.79 Å². The number of aromatic nitrogens is 4. The molecule has 0 spiro atoms. The van der Waals surface area contributed by atoms with Gasteiger partial charge in [-0.25, -0.2) is 9.97 Å². The van der Waals surface area contributed by atoms with Crippen molar-refractivity contribution in [2.75, 3.05) is 18.4 Å². The van der Waals surface area contributed by atoms with E-state index in [-0.39, 0.29) is 23.7 Å². The van der Waals surface area contributed by atoms with Crippen molar-refractivity contribution in [2.24, 2.45) is 0 Å². The number of anilines is 1. The first kappa shape index (κ1) is 16.6. The Morgan fingerprint density at radius 3 is 3.12 bits per heavy atom. The molecule has 1 amide bonds. The third-order valence-corrected chi connectivity index (χ3v) is 4.51. The Kier molecular flexibility index (Phi) is 4.65. The maximum Gasteiger partial charge on any atom is 0.282 e. The van der Waals surface area contributed by atoms with Crippen molar-refractivity contribution in [3.8, 4) is 0 Å². The molecule has 0 fully saturated rings. The highest BCUT2D eigenvalue weighted by Gasteiger charge is 2.17. The molecule has 1 aliphatic rings. The third kappa shape index (κ3) is 2.93. The van der Waals surface area contributed by atoms with Gasteiger partial charge in [-0.3, -0.25) is 14.0 Å². The van der Waals surface area contributed by atoms with Crippen LogP contribution >= 0.6 is 23.7 Å². The van der Waals surface area contributed by atoms with E-state index in [9.17, 15) is 9.59 Å². The van der Waals surface area contributed by atoms with Gasteiger partial charge in [0.2, 0.25) is 0 Å². The first-order valence-corrected chi connectivity index (χ1v) is 8.13.